The first kappa shape index (κ1) is 10.7. The Bertz CT molecular complexity index is 382. The summed E-state index contributed by atoms with van der Waals surface area (Å²) >= 11 is 0. The lowest BCUT2D eigenvalue weighted by molar-refractivity contribution is 0.433. The van der Waals surface area contributed by atoms with E-state index in [4.69, 9.17) is 0 Å². The quantitative estimate of drug-likeness (QED) is 0.861. The number of aromatic nitrogens is 3. The van der Waals surface area contributed by atoms with E-state index in [1.54, 1.807) is 6.20 Å². The second-order valence-electron chi connectivity index (χ2n) is 5.23. The van der Waals surface area contributed by atoms with Gasteiger partial charge in [-0.05, 0) is 31.6 Å². The molecular formula is C12H19N5. The summed E-state index contributed by atoms with van der Waals surface area (Å²) in [5, 5.41) is 11.5. The molecule has 2 heterocycles. The Hall–Kier alpha value is -1.39. The zero-order valence-corrected chi connectivity index (χ0v) is 10.3. The molecule has 1 aromatic rings. The van der Waals surface area contributed by atoms with Crippen LogP contribution in [0.2, 0.25) is 0 Å². The fourth-order valence-electron chi connectivity index (χ4n) is 2.14. The van der Waals surface area contributed by atoms with Crippen LogP contribution in [-0.4, -0.2) is 34.3 Å². The van der Waals surface area contributed by atoms with Gasteiger partial charge in [-0.15, -0.1) is 5.10 Å². The van der Waals surface area contributed by atoms with Gasteiger partial charge in [0.25, 0.3) is 0 Å². The van der Waals surface area contributed by atoms with E-state index in [0.29, 0.717) is 6.04 Å². The highest BCUT2D eigenvalue weighted by Gasteiger charge is 2.23. The molecule has 1 aliphatic heterocycles. The van der Waals surface area contributed by atoms with Gasteiger partial charge >= 0.3 is 0 Å². The molecule has 0 bridgehead atoms. The smallest absolute Gasteiger partial charge is 0.247 e. The van der Waals surface area contributed by atoms with Gasteiger partial charge in [-0.25, -0.2) is 0 Å². The minimum absolute atomic E-state index is 0.612. The molecule has 5 nitrogen and oxygen atoms in total. The van der Waals surface area contributed by atoms with Crippen LogP contribution in [-0.2, 0) is 0 Å². The molecule has 0 atom stereocenters. The first-order chi connectivity index (χ1) is 8.31. The van der Waals surface area contributed by atoms with Gasteiger partial charge < -0.3 is 10.2 Å². The molecule has 3 rings (SSSR count). The van der Waals surface area contributed by atoms with Gasteiger partial charge in [0.15, 0.2) is 5.82 Å². The monoisotopic (exact) mass is 233 g/mol. The van der Waals surface area contributed by atoms with Gasteiger partial charge in [-0.3, -0.25) is 0 Å². The second kappa shape index (κ2) is 4.47. The van der Waals surface area contributed by atoms with Crippen molar-refractivity contribution in [3.05, 3.63) is 6.20 Å². The lowest BCUT2D eigenvalue weighted by atomic mass is 10.00. The summed E-state index contributed by atoms with van der Waals surface area (Å²) in [6.45, 7) is 4.41. The van der Waals surface area contributed by atoms with Gasteiger partial charge in [0, 0.05) is 19.1 Å². The molecule has 1 saturated carbocycles. The maximum absolute atomic E-state index is 4.54. The molecule has 17 heavy (non-hydrogen) atoms. The molecule has 0 aromatic carbocycles. The molecular weight excluding hydrogens is 214 g/mol. The number of nitrogens with zero attached hydrogens (tertiary/aromatic N) is 4. The molecule has 0 spiro atoms. The van der Waals surface area contributed by atoms with E-state index in [1.165, 1.54) is 25.7 Å². The number of piperidine rings is 1. The van der Waals surface area contributed by atoms with Crippen LogP contribution in [0.15, 0.2) is 6.20 Å². The molecule has 1 aliphatic carbocycles. The average Bonchev–Trinajstić information content (AvgIpc) is 3.14. The molecule has 1 saturated heterocycles. The highest BCUT2D eigenvalue weighted by atomic mass is 15.3. The maximum atomic E-state index is 4.54. The number of nitrogens with one attached hydrogen (secondary N) is 1. The number of hydrogen-bond acceptors (Lipinski definition) is 5. The van der Waals surface area contributed by atoms with Crippen LogP contribution in [0.25, 0.3) is 0 Å². The van der Waals surface area contributed by atoms with Crippen LogP contribution < -0.4 is 10.2 Å². The van der Waals surface area contributed by atoms with Crippen molar-refractivity contribution in [2.45, 2.75) is 38.6 Å². The Morgan fingerprint density at radius 3 is 2.71 bits per heavy atom. The average molecular weight is 233 g/mol. The van der Waals surface area contributed by atoms with Gasteiger partial charge in [0.2, 0.25) is 5.95 Å². The van der Waals surface area contributed by atoms with Gasteiger partial charge in [0.05, 0.1) is 6.20 Å². The van der Waals surface area contributed by atoms with Crippen molar-refractivity contribution in [1.82, 2.24) is 15.2 Å². The minimum atomic E-state index is 0.612. The van der Waals surface area contributed by atoms with E-state index < -0.39 is 0 Å². The summed E-state index contributed by atoms with van der Waals surface area (Å²) in [5.41, 5.74) is 0. The SMILES string of the molecule is CC1CCN(c2nncc(NC3CC3)n2)CC1. The Balaban J connectivity index is 1.68. The number of hydrogen-bond donors (Lipinski definition) is 1. The summed E-state index contributed by atoms with van der Waals surface area (Å²) in [4.78, 5) is 6.78. The molecule has 2 aliphatic rings. The zero-order valence-electron chi connectivity index (χ0n) is 10.3. The number of rotatable bonds is 3. The highest BCUT2D eigenvalue weighted by Crippen LogP contribution is 2.24. The predicted octanol–water partition coefficient (Wildman–Crippen LogP) is 1.68. The summed E-state index contributed by atoms with van der Waals surface area (Å²) in [7, 11) is 0. The Morgan fingerprint density at radius 2 is 2.00 bits per heavy atom. The Labute approximate surface area is 102 Å². The molecule has 5 heteroatoms. The first-order valence-corrected chi connectivity index (χ1v) is 6.52. The van der Waals surface area contributed by atoms with E-state index in [2.05, 4.69) is 32.3 Å². The summed E-state index contributed by atoms with van der Waals surface area (Å²) < 4.78 is 0. The van der Waals surface area contributed by atoms with Crippen molar-refractivity contribution in [2.24, 2.45) is 5.92 Å². The fraction of sp³-hybridized carbons (Fsp3) is 0.750. The van der Waals surface area contributed by atoms with Crippen molar-refractivity contribution >= 4 is 11.8 Å². The second-order valence-corrected chi connectivity index (χ2v) is 5.23. The minimum Gasteiger partial charge on any atom is -0.366 e. The van der Waals surface area contributed by atoms with Crippen LogP contribution in [0, 0.1) is 5.92 Å². The van der Waals surface area contributed by atoms with Gasteiger partial charge in [-0.2, -0.15) is 10.1 Å². The third-order valence-electron chi connectivity index (χ3n) is 3.54. The van der Waals surface area contributed by atoms with Crippen LogP contribution in [0.5, 0.6) is 0 Å². The Kier molecular flexibility index (Phi) is 2.82. The predicted molar refractivity (Wildman–Crippen MR) is 67.1 cm³/mol. The largest absolute Gasteiger partial charge is 0.366 e. The van der Waals surface area contributed by atoms with Crippen molar-refractivity contribution in [1.29, 1.82) is 0 Å². The van der Waals surface area contributed by atoms with E-state index in [1.807, 2.05) is 0 Å². The molecule has 1 aromatic heterocycles. The fourth-order valence-corrected chi connectivity index (χ4v) is 2.14. The van der Waals surface area contributed by atoms with E-state index in [9.17, 15) is 0 Å². The van der Waals surface area contributed by atoms with E-state index in [0.717, 1.165) is 30.8 Å². The van der Waals surface area contributed by atoms with Crippen LogP contribution in [0.4, 0.5) is 11.8 Å². The van der Waals surface area contributed by atoms with Crippen LogP contribution in [0.1, 0.15) is 32.6 Å². The van der Waals surface area contributed by atoms with Crippen molar-refractivity contribution < 1.29 is 0 Å². The summed E-state index contributed by atoms with van der Waals surface area (Å²) in [6.07, 6.45) is 6.67. The molecule has 0 amide bonds. The van der Waals surface area contributed by atoms with E-state index >= 15 is 0 Å². The number of anilines is 2. The first-order valence-electron chi connectivity index (χ1n) is 6.52. The lowest BCUT2D eigenvalue weighted by Crippen LogP contribution is -2.34. The molecule has 92 valence electrons. The molecule has 2 fully saturated rings. The maximum Gasteiger partial charge on any atom is 0.247 e. The lowest BCUT2D eigenvalue weighted by Gasteiger charge is -2.29. The van der Waals surface area contributed by atoms with Crippen molar-refractivity contribution in [2.75, 3.05) is 23.3 Å². The van der Waals surface area contributed by atoms with Crippen molar-refractivity contribution in [3.8, 4) is 0 Å². The topological polar surface area (TPSA) is 53.9 Å². The standard InChI is InChI=1S/C12H19N5/c1-9-4-6-17(7-5-9)12-15-11(8-13-16-12)14-10-2-3-10/h8-10H,2-7H2,1H3,(H,14,15,16). The molecule has 1 N–H and O–H groups in total. The Morgan fingerprint density at radius 1 is 1.24 bits per heavy atom. The van der Waals surface area contributed by atoms with E-state index in [-0.39, 0.29) is 0 Å². The third kappa shape index (κ3) is 2.65. The summed E-state index contributed by atoms with van der Waals surface area (Å²) in [5.74, 6) is 2.48. The molecule has 0 unspecified atom stereocenters. The van der Waals surface area contributed by atoms with Crippen LogP contribution in [0.3, 0.4) is 0 Å². The summed E-state index contributed by atoms with van der Waals surface area (Å²) in [6, 6.07) is 0.612. The third-order valence-corrected chi connectivity index (χ3v) is 3.54. The zero-order chi connectivity index (χ0) is 11.7. The van der Waals surface area contributed by atoms with Crippen molar-refractivity contribution in [3.63, 3.8) is 0 Å². The highest BCUT2D eigenvalue weighted by molar-refractivity contribution is 5.40. The normalized spacial score (nSPS) is 21.6. The van der Waals surface area contributed by atoms with Crippen LogP contribution >= 0.6 is 0 Å². The molecule has 0 radical (unpaired) electrons. The van der Waals surface area contributed by atoms with Gasteiger partial charge in [0.1, 0.15) is 0 Å². The van der Waals surface area contributed by atoms with Gasteiger partial charge in [-0.1, -0.05) is 6.92 Å².